The topological polar surface area (TPSA) is 107 Å². The van der Waals surface area contributed by atoms with Crippen LogP contribution in [0.1, 0.15) is 18.7 Å². The van der Waals surface area contributed by atoms with Crippen molar-refractivity contribution < 1.29 is 23.0 Å². The van der Waals surface area contributed by atoms with Gasteiger partial charge in [-0.05, 0) is 36.6 Å². The van der Waals surface area contributed by atoms with Crippen LogP contribution in [-0.2, 0) is 16.6 Å². The van der Waals surface area contributed by atoms with Gasteiger partial charge in [0, 0.05) is 52.9 Å². The van der Waals surface area contributed by atoms with Gasteiger partial charge in [-0.25, -0.2) is 13.8 Å². The number of rotatable bonds is 10. The summed E-state index contributed by atoms with van der Waals surface area (Å²) in [6.07, 6.45) is 1.78. The lowest BCUT2D eigenvalue weighted by molar-refractivity contribution is -0.119. The average Bonchev–Trinajstić information content (AvgIpc) is 3.77. The van der Waals surface area contributed by atoms with Gasteiger partial charge in [0.1, 0.15) is 41.3 Å². The molecule has 6 aromatic rings. The molecule has 226 valence electrons. The zero-order valence-electron chi connectivity index (χ0n) is 24.0. The first-order chi connectivity index (χ1) is 21.3. The largest absolute Gasteiger partial charge is 0.490 e. The van der Waals surface area contributed by atoms with Crippen molar-refractivity contribution in [1.29, 1.82) is 0 Å². The minimum atomic E-state index is -0.807. The quantitative estimate of drug-likeness (QED) is 0.129. The summed E-state index contributed by atoms with van der Waals surface area (Å²) in [4.78, 5) is 17.0. The van der Waals surface area contributed by atoms with E-state index in [0.717, 1.165) is 34.0 Å². The normalized spacial score (nSPS) is 12.2. The maximum atomic E-state index is 15.9. The molecule has 0 spiro atoms. The number of nitrogens with zero attached hydrogens (tertiary/aromatic N) is 4. The highest BCUT2D eigenvalue weighted by Crippen LogP contribution is 2.47. The van der Waals surface area contributed by atoms with Crippen molar-refractivity contribution in [3.63, 3.8) is 0 Å². The molecule has 44 heavy (non-hydrogen) atoms. The van der Waals surface area contributed by atoms with Gasteiger partial charge in [-0.3, -0.25) is 14.6 Å². The molecule has 0 saturated heterocycles. The second-order valence-electron chi connectivity index (χ2n) is 10.1. The third-order valence-corrected chi connectivity index (χ3v) is 8.42. The smallest absolute Gasteiger partial charge is 0.235 e. The Balaban J connectivity index is 1.61. The number of halogens is 3. The Morgan fingerprint density at radius 1 is 1.14 bits per heavy atom. The number of aryl methyl sites for hydroxylation is 1. The minimum absolute atomic E-state index is 0.0142. The van der Waals surface area contributed by atoms with Crippen molar-refractivity contribution in [2.45, 2.75) is 13.0 Å². The SMILES string of the molecule is COCCOc1cc(F)cc(F)c1-c1c(-c2cc([C@@H](C)NC(=O)CCl)[nH]n2)nc(-c2ccc3c(cnn3C)c2)c2ccsc12. The second-order valence-corrected chi connectivity index (χ2v) is 11.3. The monoisotopic (exact) mass is 636 g/mol. The predicted octanol–water partition coefficient (Wildman–Crippen LogP) is 6.63. The Labute approximate surface area is 259 Å². The lowest BCUT2D eigenvalue weighted by Crippen LogP contribution is -2.27. The second kappa shape index (κ2) is 12.3. The molecule has 9 nitrogen and oxygen atoms in total. The summed E-state index contributed by atoms with van der Waals surface area (Å²) in [5.74, 6) is -2.10. The van der Waals surface area contributed by atoms with Crippen LogP contribution >= 0.6 is 22.9 Å². The van der Waals surface area contributed by atoms with Gasteiger partial charge in [0.05, 0.1) is 41.3 Å². The first-order valence-corrected chi connectivity index (χ1v) is 15.1. The van der Waals surface area contributed by atoms with E-state index in [1.165, 1.54) is 18.4 Å². The molecule has 1 atom stereocenters. The van der Waals surface area contributed by atoms with E-state index < -0.39 is 17.7 Å². The van der Waals surface area contributed by atoms with Crippen molar-refractivity contribution in [2.75, 3.05) is 26.2 Å². The Bertz CT molecular complexity index is 2010. The number of aromatic amines is 1. The molecular formula is C31H27ClF2N6O3S. The van der Waals surface area contributed by atoms with Crippen molar-refractivity contribution in [3.8, 4) is 39.5 Å². The summed E-state index contributed by atoms with van der Waals surface area (Å²) >= 11 is 7.09. The van der Waals surface area contributed by atoms with Crippen LogP contribution in [-0.4, -0.2) is 57.1 Å². The molecule has 0 aliphatic carbocycles. The average molecular weight is 637 g/mol. The summed E-state index contributed by atoms with van der Waals surface area (Å²) in [5.41, 5.74) is 4.24. The number of carbonyl (C=O) groups is 1. The molecule has 4 heterocycles. The zero-order valence-corrected chi connectivity index (χ0v) is 25.5. The van der Waals surface area contributed by atoms with Gasteiger partial charge in [-0.15, -0.1) is 22.9 Å². The number of H-pyrrole nitrogens is 1. The van der Waals surface area contributed by atoms with Crippen LogP contribution in [0.4, 0.5) is 8.78 Å². The van der Waals surface area contributed by atoms with Crippen molar-refractivity contribution >= 4 is 49.8 Å². The van der Waals surface area contributed by atoms with E-state index >= 15 is 4.39 Å². The summed E-state index contributed by atoms with van der Waals surface area (Å²) in [7, 11) is 3.39. The molecule has 4 aromatic heterocycles. The van der Waals surface area contributed by atoms with Gasteiger partial charge in [-0.2, -0.15) is 10.2 Å². The highest BCUT2D eigenvalue weighted by molar-refractivity contribution is 7.18. The Kier molecular flexibility index (Phi) is 8.30. The molecule has 0 fully saturated rings. The van der Waals surface area contributed by atoms with E-state index in [-0.39, 0.29) is 36.3 Å². The Hall–Kier alpha value is -4.39. The minimum Gasteiger partial charge on any atom is -0.490 e. The van der Waals surface area contributed by atoms with Crippen LogP contribution in [0, 0.1) is 11.6 Å². The third-order valence-electron chi connectivity index (χ3n) is 7.25. The summed E-state index contributed by atoms with van der Waals surface area (Å²) in [6, 6.07) is 11.1. The number of hydrogen-bond donors (Lipinski definition) is 2. The molecule has 13 heteroatoms. The molecular weight excluding hydrogens is 610 g/mol. The number of methoxy groups -OCH3 is 1. The van der Waals surface area contributed by atoms with Gasteiger partial charge in [0.2, 0.25) is 5.91 Å². The Morgan fingerprint density at radius 3 is 2.77 bits per heavy atom. The maximum Gasteiger partial charge on any atom is 0.235 e. The van der Waals surface area contributed by atoms with E-state index in [4.69, 9.17) is 26.1 Å². The predicted molar refractivity (Wildman–Crippen MR) is 167 cm³/mol. The molecule has 1 amide bonds. The molecule has 0 aliphatic rings. The lowest BCUT2D eigenvalue weighted by Gasteiger charge is -2.17. The number of alkyl halides is 1. The molecule has 0 aliphatic heterocycles. The highest BCUT2D eigenvalue weighted by atomic mass is 35.5. The number of pyridine rings is 1. The van der Waals surface area contributed by atoms with Gasteiger partial charge in [-0.1, -0.05) is 6.07 Å². The van der Waals surface area contributed by atoms with Gasteiger partial charge >= 0.3 is 0 Å². The number of carbonyl (C=O) groups excluding carboxylic acids is 1. The van der Waals surface area contributed by atoms with Gasteiger partial charge < -0.3 is 14.8 Å². The van der Waals surface area contributed by atoms with Gasteiger partial charge in [0.25, 0.3) is 0 Å². The highest BCUT2D eigenvalue weighted by Gasteiger charge is 2.27. The number of benzene rings is 2. The van der Waals surface area contributed by atoms with Crippen molar-refractivity contribution in [2.24, 2.45) is 7.05 Å². The number of aromatic nitrogens is 5. The molecule has 2 aromatic carbocycles. The van der Waals surface area contributed by atoms with Crippen molar-refractivity contribution in [1.82, 2.24) is 30.3 Å². The summed E-state index contributed by atoms with van der Waals surface area (Å²) in [6.45, 7) is 2.09. The van der Waals surface area contributed by atoms with E-state index in [9.17, 15) is 9.18 Å². The van der Waals surface area contributed by atoms with Gasteiger partial charge in [0.15, 0.2) is 0 Å². The number of ether oxygens (including phenoxy) is 2. The van der Waals surface area contributed by atoms with Crippen LogP contribution in [0.25, 0.3) is 54.8 Å². The third kappa shape index (κ3) is 5.51. The Morgan fingerprint density at radius 2 is 1.98 bits per heavy atom. The fourth-order valence-electron chi connectivity index (χ4n) is 5.15. The number of fused-ring (bicyclic) bond motifs is 2. The molecule has 0 radical (unpaired) electrons. The molecule has 6 rings (SSSR count). The van der Waals surface area contributed by atoms with Crippen molar-refractivity contribution in [3.05, 3.63) is 71.4 Å². The molecule has 0 unspecified atom stereocenters. The number of nitrogens with one attached hydrogen (secondary N) is 2. The van der Waals surface area contributed by atoms with E-state index in [0.29, 0.717) is 33.0 Å². The number of hydrogen-bond acceptors (Lipinski definition) is 7. The first-order valence-electron chi connectivity index (χ1n) is 13.6. The summed E-state index contributed by atoms with van der Waals surface area (Å²) < 4.78 is 43.8. The van der Waals surface area contributed by atoms with Crippen LogP contribution in [0.5, 0.6) is 5.75 Å². The van der Waals surface area contributed by atoms with Crippen LogP contribution in [0.3, 0.4) is 0 Å². The zero-order chi connectivity index (χ0) is 31.0. The van der Waals surface area contributed by atoms with E-state index in [2.05, 4.69) is 20.6 Å². The molecule has 2 N–H and O–H groups in total. The molecule has 0 bridgehead atoms. The first kappa shape index (κ1) is 29.7. The fraction of sp³-hybridized carbons (Fsp3) is 0.226. The van der Waals surface area contributed by atoms with Crippen LogP contribution in [0.2, 0.25) is 0 Å². The lowest BCUT2D eigenvalue weighted by atomic mass is 9.96. The van der Waals surface area contributed by atoms with Crippen LogP contribution in [0.15, 0.2) is 54.0 Å². The number of thiophene rings is 1. The number of amides is 1. The maximum absolute atomic E-state index is 15.9. The van der Waals surface area contributed by atoms with E-state index in [1.54, 1.807) is 23.9 Å². The van der Waals surface area contributed by atoms with Crippen LogP contribution < -0.4 is 10.1 Å². The summed E-state index contributed by atoms with van der Waals surface area (Å²) in [5, 5.41) is 18.2. The standard InChI is InChI=1S/C31H27ClF2N6O3S/c1-16(36-26(41)14-32)22-13-23(39-38-22)30-28(27-21(34)11-19(33)12-25(27)43-8-7-42-3)31-20(6-9-44-31)29(37-30)17-4-5-24-18(10-17)15-35-40(24)2/h4-6,9-13,15-16H,7-8,14H2,1-3H3,(H,36,41)(H,38,39)/t16-/m1/s1. The van der Waals surface area contributed by atoms with E-state index in [1.807, 2.05) is 36.7 Å². The fourth-order valence-corrected chi connectivity index (χ4v) is 6.18. The molecule has 0 saturated carbocycles.